The first-order chi connectivity index (χ1) is 23.3. The van der Waals surface area contributed by atoms with Gasteiger partial charge in [0.25, 0.3) is 11.8 Å². The highest BCUT2D eigenvalue weighted by molar-refractivity contribution is 6.09. The Morgan fingerprint density at radius 2 is 1.69 bits per heavy atom. The average molecular weight is 644 g/mol. The van der Waals surface area contributed by atoms with Crippen LogP contribution in [0.25, 0.3) is 0 Å². The molecule has 9 heteroatoms. The number of para-hydroxylation sites is 2. The number of aliphatic hydroxyl groups excluding tert-OH is 1. The predicted molar refractivity (Wildman–Crippen MR) is 182 cm³/mol. The minimum Gasteiger partial charge on any atom is -0.482 e. The third-order valence-electron chi connectivity index (χ3n) is 9.66. The number of ether oxygens (including phenoxy) is 1. The third-order valence-corrected chi connectivity index (χ3v) is 9.66. The van der Waals surface area contributed by atoms with Crippen molar-refractivity contribution in [1.82, 2.24) is 4.90 Å². The van der Waals surface area contributed by atoms with Gasteiger partial charge in [0, 0.05) is 30.1 Å². The first-order valence-electron chi connectivity index (χ1n) is 16.2. The number of carbonyl (C=O) groups excluding carboxylic acids is 3. The molecule has 3 aliphatic rings. The van der Waals surface area contributed by atoms with Crippen molar-refractivity contribution >= 4 is 34.8 Å². The second-order valence-electron chi connectivity index (χ2n) is 12.6. The standard InChI is InChI=1S/C39H37N3O6/c1-26(10-9-17-36(44)40-23-29-14-6-5-13-28(29)20-31(40)24-43)39(47)32-21-30(42-34-15-7-8-16-35(34)48-25-37(42)45)18-19-33(32)41(38(39)46)22-27-11-3-2-4-12-27/h2-16,18-19,21,26,31,43,47H,17,20,22-25H2,1H3/b10-9+/t26-,31-,39+/m0/s1. The van der Waals surface area contributed by atoms with E-state index >= 15 is 0 Å². The van der Waals surface area contributed by atoms with Crippen molar-refractivity contribution in [2.75, 3.05) is 23.0 Å². The van der Waals surface area contributed by atoms with Gasteiger partial charge in [-0.05, 0) is 53.4 Å². The molecule has 0 saturated carbocycles. The second-order valence-corrected chi connectivity index (χ2v) is 12.6. The van der Waals surface area contributed by atoms with Crippen LogP contribution in [0.2, 0.25) is 0 Å². The summed E-state index contributed by atoms with van der Waals surface area (Å²) in [5.41, 5.74) is 3.15. The van der Waals surface area contributed by atoms with Crippen LogP contribution in [0.1, 0.15) is 35.6 Å². The summed E-state index contributed by atoms with van der Waals surface area (Å²) in [6.07, 6.45) is 4.03. The fraction of sp³-hybridized carbons (Fsp3) is 0.256. The third kappa shape index (κ3) is 5.44. The van der Waals surface area contributed by atoms with Gasteiger partial charge in [0.2, 0.25) is 5.91 Å². The van der Waals surface area contributed by atoms with Crippen molar-refractivity contribution in [3.8, 4) is 5.75 Å². The Balaban J connectivity index is 1.19. The molecule has 0 radical (unpaired) electrons. The fourth-order valence-electron chi connectivity index (χ4n) is 7.05. The Kier molecular flexibility index (Phi) is 8.33. The molecule has 0 saturated heterocycles. The summed E-state index contributed by atoms with van der Waals surface area (Å²) in [7, 11) is 0. The maximum atomic E-state index is 14.3. The Morgan fingerprint density at radius 3 is 2.48 bits per heavy atom. The number of carbonyl (C=O) groups is 3. The molecule has 4 aromatic rings. The molecule has 0 aliphatic carbocycles. The van der Waals surface area contributed by atoms with E-state index in [0.29, 0.717) is 41.3 Å². The number of anilines is 3. The van der Waals surface area contributed by atoms with Gasteiger partial charge in [-0.3, -0.25) is 19.3 Å². The van der Waals surface area contributed by atoms with Crippen LogP contribution >= 0.6 is 0 Å². The molecule has 9 nitrogen and oxygen atoms in total. The summed E-state index contributed by atoms with van der Waals surface area (Å²) in [6, 6.07) is 29.7. The summed E-state index contributed by atoms with van der Waals surface area (Å²) >= 11 is 0. The van der Waals surface area contributed by atoms with Crippen molar-refractivity contribution in [2.24, 2.45) is 5.92 Å². The molecule has 7 rings (SSSR count). The van der Waals surface area contributed by atoms with E-state index in [4.69, 9.17) is 4.74 Å². The first-order valence-corrected chi connectivity index (χ1v) is 16.2. The smallest absolute Gasteiger partial charge is 0.269 e. The van der Waals surface area contributed by atoms with E-state index in [-0.39, 0.29) is 44.0 Å². The summed E-state index contributed by atoms with van der Waals surface area (Å²) in [6.45, 7) is 2.15. The lowest BCUT2D eigenvalue weighted by Gasteiger charge is -2.36. The van der Waals surface area contributed by atoms with Gasteiger partial charge in [0.15, 0.2) is 12.2 Å². The number of benzene rings is 4. The maximum absolute atomic E-state index is 14.3. The van der Waals surface area contributed by atoms with Gasteiger partial charge in [-0.25, -0.2) is 0 Å². The van der Waals surface area contributed by atoms with E-state index in [9.17, 15) is 24.6 Å². The highest BCUT2D eigenvalue weighted by atomic mass is 16.5. The molecule has 2 N–H and O–H groups in total. The van der Waals surface area contributed by atoms with Crippen molar-refractivity contribution in [3.05, 3.63) is 131 Å². The Hall–Kier alpha value is -5.25. The lowest BCUT2D eigenvalue weighted by molar-refractivity contribution is -0.139. The zero-order valence-electron chi connectivity index (χ0n) is 26.7. The molecule has 244 valence electrons. The number of fused-ring (bicyclic) bond motifs is 3. The van der Waals surface area contributed by atoms with Crippen LogP contribution in [0.4, 0.5) is 17.1 Å². The maximum Gasteiger partial charge on any atom is 0.269 e. The Labute approximate surface area is 279 Å². The predicted octanol–water partition coefficient (Wildman–Crippen LogP) is 5.01. The van der Waals surface area contributed by atoms with E-state index in [1.54, 1.807) is 64.1 Å². The van der Waals surface area contributed by atoms with Gasteiger partial charge in [0.1, 0.15) is 5.75 Å². The normalized spacial score (nSPS) is 20.7. The molecule has 4 aromatic carbocycles. The lowest BCUT2D eigenvalue weighted by atomic mass is 9.82. The van der Waals surface area contributed by atoms with Gasteiger partial charge in [-0.2, -0.15) is 0 Å². The van der Waals surface area contributed by atoms with Gasteiger partial charge in [0.05, 0.1) is 30.6 Å². The topological polar surface area (TPSA) is 111 Å². The van der Waals surface area contributed by atoms with Crippen molar-refractivity contribution in [1.29, 1.82) is 0 Å². The second kappa shape index (κ2) is 12.7. The van der Waals surface area contributed by atoms with Crippen LogP contribution in [0.15, 0.2) is 109 Å². The molecule has 3 atom stereocenters. The van der Waals surface area contributed by atoms with Crippen LogP contribution in [-0.2, 0) is 39.5 Å². The number of aliphatic hydroxyl groups is 2. The molecule has 0 fully saturated rings. The highest BCUT2D eigenvalue weighted by Gasteiger charge is 2.53. The Bertz CT molecular complexity index is 1910. The summed E-state index contributed by atoms with van der Waals surface area (Å²) in [5.74, 6) is -1.05. The molecular weight excluding hydrogens is 606 g/mol. The molecule has 0 spiro atoms. The molecule has 0 aromatic heterocycles. The largest absolute Gasteiger partial charge is 0.482 e. The monoisotopic (exact) mass is 643 g/mol. The van der Waals surface area contributed by atoms with E-state index in [1.807, 2.05) is 66.7 Å². The average Bonchev–Trinajstić information content (AvgIpc) is 3.33. The lowest BCUT2D eigenvalue weighted by Crippen LogP contribution is -2.46. The fourth-order valence-corrected chi connectivity index (χ4v) is 7.05. The van der Waals surface area contributed by atoms with E-state index in [2.05, 4.69) is 0 Å². The van der Waals surface area contributed by atoms with Crippen LogP contribution in [0, 0.1) is 5.92 Å². The van der Waals surface area contributed by atoms with Crippen LogP contribution < -0.4 is 14.5 Å². The highest BCUT2D eigenvalue weighted by Crippen LogP contribution is 2.48. The first kappa shape index (κ1) is 31.4. The number of rotatable bonds is 8. The zero-order valence-corrected chi connectivity index (χ0v) is 26.7. The van der Waals surface area contributed by atoms with Crippen molar-refractivity contribution in [2.45, 2.75) is 44.5 Å². The zero-order chi connectivity index (χ0) is 33.4. The van der Waals surface area contributed by atoms with Crippen molar-refractivity contribution in [3.63, 3.8) is 0 Å². The van der Waals surface area contributed by atoms with Crippen LogP contribution in [-0.4, -0.2) is 52.1 Å². The van der Waals surface area contributed by atoms with Gasteiger partial charge < -0.3 is 24.7 Å². The summed E-state index contributed by atoms with van der Waals surface area (Å²) in [4.78, 5) is 45.7. The summed E-state index contributed by atoms with van der Waals surface area (Å²) < 4.78 is 5.64. The van der Waals surface area contributed by atoms with E-state index < -0.39 is 17.4 Å². The van der Waals surface area contributed by atoms with Crippen molar-refractivity contribution < 1.29 is 29.3 Å². The molecular formula is C39H37N3O6. The van der Waals surface area contributed by atoms with E-state index in [0.717, 1.165) is 16.7 Å². The SMILES string of the molecule is C[C@@H](/C=C/CC(=O)N1Cc2ccccc2C[C@H]1CO)[C@]1(O)C(=O)N(Cc2ccccc2)c2ccc(N3C(=O)COc4ccccc43)cc21. The molecule has 48 heavy (non-hydrogen) atoms. The van der Waals surface area contributed by atoms with Gasteiger partial charge >= 0.3 is 0 Å². The molecule has 0 unspecified atom stereocenters. The van der Waals surface area contributed by atoms with Crippen LogP contribution in [0.3, 0.4) is 0 Å². The number of hydrogen-bond acceptors (Lipinski definition) is 6. The Morgan fingerprint density at radius 1 is 0.958 bits per heavy atom. The van der Waals surface area contributed by atoms with Crippen LogP contribution in [0.5, 0.6) is 5.75 Å². The minimum absolute atomic E-state index is 0.0486. The quantitative estimate of drug-likeness (QED) is 0.262. The molecule has 3 amide bonds. The summed E-state index contributed by atoms with van der Waals surface area (Å²) in [5, 5.41) is 22.5. The minimum atomic E-state index is -1.97. The van der Waals surface area contributed by atoms with Gasteiger partial charge in [-0.15, -0.1) is 0 Å². The molecule has 3 aliphatic heterocycles. The molecule has 0 bridgehead atoms. The number of hydrogen-bond donors (Lipinski definition) is 2. The molecule has 3 heterocycles. The number of amides is 3. The van der Waals surface area contributed by atoms with Gasteiger partial charge in [-0.1, -0.05) is 85.8 Å². The van der Waals surface area contributed by atoms with E-state index in [1.165, 1.54) is 0 Å². The number of nitrogens with zero attached hydrogens (tertiary/aromatic N) is 3.